The van der Waals surface area contributed by atoms with Crippen molar-refractivity contribution >= 4 is 28.2 Å². The van der Waals surface area contributed by atoms with Gasteiger partial charge in [0.25, 0.3) is 0 Å². The molecule has 6 heteroatoms. The van der Waals surface area contributed by atoms with Crippen LogP contribution < -0.4 is 10.2 Å². The van der Waals surface area contributed by atoms with Crippen LogP contribution in [0.5, 0.6) is 0 Å². The van der Waals surface area contributed by atoms with Gasteiger partial charge in [-0.2, -0.15) is 0 Å². The Hall–Kier alpha value is -1.95. The second kappa shape index (κ2) is 5.92. The fourth-order valence-electron chi connectivity index (χ4n) is 3.32. The van der Waals surface area contributed by atoms with Gasteiger partial charge in [0.15, 0.2) is 5.13 Å². The highest BCUT2D eigenvalue weighted by Gasteiger charge is 2.31. The number of carbonyl (C=O) groups excluding carboxylic acids is 1. The summed E-state index contributed by atoms with van der Waals surface area (Å²) in [7, 11) is 0. The number of anilines is 2. The summed E-state index contributed by atoms with van der Waals surface area (Å²) >= 11 is 1.63. The lowest BCUT2D eigenvalue weighted by Crippen LogP contribution is -2.29. The van der Waals surface area contributed by atoms with Gasteiger partial charge in [0.1, 0.15) is 11.6 Å². The van der Waals surface area contributed by atoms with E-state index < -0.39 is 0 Å². The summed E-state index contributed by atoms with van der Waals surface area (Å²) in [6, 6.07) is 6.53. The highest BCUT2D eigenvalue weighted by atomic mass is 32.1. The first-order chi connectivity index (χ1) is 11.2. The molecule has 1 N–H and O–H groups in total. The summed E-state index contributed by atoms with van der Waals surface area (Å²) < 4.78 is 13.6. The first-order valence-corrected chi connectivity index (χ1v) is 8.83. The molecule has 4 rings (SSSR count). The van der Waals surface area contributed by atoms with Crippen LogP contribution in [0.2, 0.25) is 0 Å². The molecule has 2 aromatic rings. The van der Waals surface area contributed by atoms with Crippen LogP contribution in [0.25, 0.3) is 0 Å². The molecule has 23 heavy (non-hydrogen) atoms. The molecule has 0 saturated carbocycles. The smallest absolute Gasteiger partial charge is 0.226 e. The Morgan fingerprint density at radius 1 is 1.26 bits per heavy atom. The topological polar surface area (TPSA) is 45.2 Å². The maximum absolute atomic E-state index is 13.6. The van der Waals surface area contributed by atoms with E-state index in [-0.39, 0.29) is 17.6 Å². The molecule has 1 aromatic carbocycles. The first kappa shape index (κ1) is 14.6. The van der Waals surface area contributed by atoms with E-state index in [1.165, 1.54) is 31.4 Å². The summed E-state index contributed by atoms with van der Waals surface area (Å²) in [5.41, 5.74) is 0.843. The number of thiazole rings is 1. The van der Waals surface area contributed by atoms with E-state index in [2.05, 4.69) is 15.2 Å². The van der Waals surface area contributed by atoms with Gasteiger partial charge in [-0.05, 0) is 37.0 Å². The van der Waals surface area contributed by atoms with Gasteiger partial charge < -0.3 is 10.2 Å². The molecule has 2 aliphatic rings. The molecule has 0 aliphatic carbocycles. The van der Waals surface area contributed by atoms with Crippen molar-refractivity contribution in [1.82, 2.24) is 4.98 Å². The van der Waals surface area contributed by atoms with Gasteiger partial charge in [-0.3, -0.25) is 4.79 Å². The number of nitrogens with one attached hydrogen (secondary N) is 1. The molecule has 1 atom stereocenters. The molecule has 1 saturated heterocycles. The minimum absolute atomic E-state index is 0.0535. The van der Waals surface area contributed by atoms with Crippen LogP contribution in [0.15, 0.2) is 24.3 Å². The number of carbonyl (C=O) groups is 1. The predicted molar refractivity (Wildman–Crippen MR) is 89.7 cm³/mol. The van der Waals surface area contributed by atoms with Gasteiger partial charge in [0.05, 0.1) is 4.88 Å². The number of benzene rings is 1. The molecule has 1 fully saturated rings. The lowest BCUT2D eigenvalue weighted by atomic mass is 9.91. The number of piperidine rings is 1. The Morgan fingerprint density at radius 2 is 2.09 bits per heavy atom. The third-order valence-electron chi connectivity index (χ3n) is 4.48. The SMILES string of the molecule is O=C1C[C@H](c2cccc(F)c2)c2sc(N3CCCCC3)nc2N1. The number of fused-ring (bicyclic) bond motifs is 1. The van der Waals surface area contributed by atoms with Crippen LogP contribution in [0.4, 0.5) is 15.3 Å². The van der Waals surface area contributed by atoms with Crippen LogP contribution in [-0.2, 0) is 4.79 Å². The zero-order valence-corrected chi connectivity index (χ0v) is 13.5. The van der Waals surface area contributed by atoms with Crippen molar-refractivity contribution in [1.29, 1.82) is 0 Å². The number of amides is 1. The van der Waals surface area contributed by atoms with Crippen molar-refractivity contribution in [2.75, 3.05) is 23.3 Å². The van der Waals surface area contributed by atoms with E-state index in [1.807, 2.05) is 6.07 Å². The minimum Gasteiger partial charge on any atom is -0.348 e. The van der Waals surface area contributed by atoms with Crippen LogP contribution in [0, 0.1) is 5.82 Å². The fourth-order valence-corrected chi connectivity index (χ4v) is 4.52. The van der Waals surface area contributed by atoms with Crippen LogP contribution in [-0.4, -0.2) is 24.0 Å². The van der Waals surface area contributed by atoms with Gasteiger partial charge in [-0.15, -0.1) is 0 Å². The Morgan fingerprint density at radius 3 is 2.87 bits per heavy atom. The summed E-state index contributed by atoms with van der Waals surface area (Å²) in [6.07, 6.45) is 3.98. The number of halogens is 1. The molecular formula is C17H18FN3OS. The largest absolute Gasteiger partial charge is 0.348 e. The van der Waals surface area contributed by atoms with Crippen molar-refractivity contribution in [2.24, 2.45) is 0 Å². The molecule has 0 spiro atoms. The molecule has 1 amide bonds. The second-order valence-corrected chi connectivity index (χ2v) is 7.13. The average molecular weight is 331 g/mol. The van der Waals surface area contributed by atoms with E-state index in [9.17, 15) is 9.18 Å². The molecule has 1 aromatic heterocycles. The molecule has 0 unspecified atom stereocenters. The Balaban J connectivity index is 1.71. The highest BCUT2D eigenvalue weighted by molar-refractivity contribution is 7.16. The predicted octanol–water partition coefficient (Wildman–Crippen LogP) is 3.75. The lowest BCUT2D eigenvalue weighted by molar-refractivity contribution is -0.116. The van der Waals surface area contributed by atoms with Crippen LogP contribution >= 0.6 is 11.3 Å². The number of rotatable bonds is 2. The summed E-state index contributed by atoms with van der Waals surface area (Å²) in [5.74, 6) is 0.227. The van der Waals surface area contributed by atoms with E-state index in [0.717, 1.165) is 28.7 Å². The third-order valence-corrected chi connectivity index (χ3v) is 5.71. The Bertz CT molecular complexity index is 739. The first-order valence-electron chi connectivity index (χ1n) is 8.02. The molecule has 3 heterocycles. The number of hydrogen-bond donors (Lipinski definition) is 1. The van der Waals surface area contributed by atoms with Gasteiger partial charge in [-0.25, -0.2) is 9.37 Å². The average Bonchev–Trinajstić information content (AvgIpc) is 2.98. The maximum atomic E-state index is 13.6. The van der Waals surface area contributed by atoms with E-state index in [4.69, 9.17) is 0 Å². The third kappa shape index (κ3) is 2.83. The van der Waals surface area contributed by atoms with Gasteiger partial charge >= 0.3 is 0 Å². The standard InChI is InChI=1S/C17H18FN3OS/c18-12-6-4-5-11(9-12)13-10-14(22)19-16-15(13)23-17(20-16)21-7-2-1-3-8-21/h4-6,9,13H,1-3,7-8,10H2,(H,19,22)/t13-/m1/s1. The molecule has 4 nitrogen and oxygen atoms in total. The Kier molecular flexibility index (Phi) is 3.77. The highest BCUT2D eigenvalue weighted by Crippen LogP contribution is 2.43. The Labute approximate surface area is 138 Å². The normalized spacial score (nSPS) is 21.0. The van der Waals surface area contributed by atoms with Crippen LogP contribution in [0.1, 0.15) is 42.0 Å². The van der Waals surface area contributed by atoms with Crippen molar-refractivity contribution in [3.63, 3.8) is 0 Å². The van der Waals surface area contributed by atoms with Crippen molar-refractivity contribution in [3.8, 4) is 0 Å². The molecule has 0 radical (unpaired) electrons. The fraction of sp³-hybridized carbons (Fsp3) is 0.412. The van der Waals surface area contributed by atoms with Crippen LogP contribution in [0.3, 0.4) is 0 Å². The zero-order chi connectivity index (χ0) is 15.8. The molecular weight excluding hydrogens is 313 g/mol. The summed E-state index contributed by atoms with van der Waals surface area (Å²) in [6.45, 7) is 2.04. The van der Waals surface area contributed by atoms with E-state index >= 15 is 0 Å². The minimum atomic E-state index is -0.268. The van der Waals surface area contributed by atoms with Gasteiger partial charge in [0, 0.05) is 25.4 Å². The maximum Gasteiger partial charge on any atom is 0.226 e. The van der Waals surface area contributed by atoms with Crippen molar-refractivity contribution in [2.45, 2.75) is 31.6 Å². The second-order valence-electron chi connectivity index (χ2n) is 6.12. The van der Waals surface area contributed by atoms with Crippen molar-refractivity contribution < 1.29 is 9.18 Å². The molecule has 0 bridgehead atoms. The van der Waals surface area contributed by atoms with Gasteiger partial charge in [-0.1, -0.05) is 23.5 Å². The zero-order valence-electron chi connectivity index (χ0n) is 12.7. The molecule has 120 valence electrons. The quantitative estimate of drug-likeness (QED) is 0.911. The monoisotopic (exact) mass is 331 g/mol. The summed E-state index contributed by atoms with van der Waals surface area (Å²) in [4.78, 5) is 20.0. The van der Waals surface area contributed by atoms with E-state index in [0.29, 0.717) is 12.2 Å². The summed E-state index contributed by atoms with van der Waals surface area (Å²) in [5, 5.41) is 3.84. The van der Waals surface area contributed by atoms with E-state index in [1.54, 1.807) is 17.4 Å². The lowest BCUT2D eigenvalue weighted by Gasteiger charge is -2.25. The van der Waals surface area contributed by atoms with Crippen molar-refractivity contribution in [3.05, 3.63) is 40.5 Å². The number of aromatic nitrogens is 1. The number of hydrogen-bond acceptors (Lipinski definition) is 4. The van der Waals surface area contributed by atoms with Gasteiger partial charge in [0.2, 0.25) is 5.91 Å². The molecule has 2 aliphatic heterocycles. The number of nitrogens with zero attached hydrogens (tertiary/aromatic N) is 2.